The average Bonchev–Trinajstić information content (AvgIpc) is 2.28. The maximum absolute atomic E-state index is 13.0. The quantitative estimate of drug-likeness (QED) is 0.536. The molecule has 5 heteroatoms. The fourth-order valence-corrected chi connectivity index (χ4v) is 1.86. The molecule has 0 amide bonds. The van der Waals surface area contributed by atoms with Gasteiger partial charge >= 0.3 is 6.18 Å². The van der Waals surface area contributed by atoms with Gasteiger partial charge in [0, 0.05) is 13.5 Å². The summed E-state index contributed by atoms with van der Waals surface area (Å²) in [6.07, 6.45) is -0.280. The fourth-order valence-electron chi connectivity index (χ4n) is 1.86. The van der Waals surface area contributed by atoms with Crippen LogP contribution in [0.1, 0.15) is 19.3 Å². The number of rotatable bonds is 6. The maximum Gasteiger partial charge on any atom is 0.419 e. The van der Waals surface area contributed by atoms with Crippen LogP contribution in [0.4, 0.5) is 13.2 Å². The second-order valence-electron chi connectivity index (χ2n) is 3.90. The molecule has 0 aromatic carbocycles. The van der Waals surface area contributed by atoms with E-state index < -0.39 is 11.7 Å². The van der Waals surface area contributed by atoms with Crippen molar-refractivity contribution in [2.45, 2.75) is 25.4 Å². The smallest absolute Gasteiger partial charge is 0.419 e. The van der Waals surface area contributed by atoms with Crippen molar-refractivity contribution in [1.29, 1.82) is 0 Å². The van der Waals surface area contributed by atoms with Gasteiger partial charge in [-0.25, -0.2) is 0 Å². The van der Waals surface area contributed by atoms with Gasteiger partial charge in [-0.1, -0.05) is 12.2 Å². The van der Waals surface area contributed by atoms with Crippen molar-refractivity contribution in [3.05, 3.63) is 35.6 Å². The number of hydrogen-bond acceptors (Lipinski definition) is 2. The molecule has 18 heavy (non-hydrogen) atoms. The number of allylic oxidation sites excluding steroid dienone is 5. The lowest BCUT2D eigenvalue weighted by atomic mass is 9.93. The molecule has 1 rings (SSSR count). The van der Waals surface area contributed by atoms with Crippen LogP contribution in [-0.2, 0) is 9.47 Å². The molecule has 1 aliphatic carbocycles. The third-order valence-electron chi connectivity index (χ3n) is 2.57. The molecule has 0 aromatic rings. The number of ether oxygens (including phenoxy) is 2. The SMILES string of the molecule is C=CCC1=CCCC(OCCOC)=C1C(F)(F)F. The second kappa shape index (κ2) is 6.64. The van der Waals surface area contributed by atoms with E-state index in [1.54, 1.807) is 6.08 Å². The topological polar surface area (TPSA) is 18.5 Å². The summed E-state index contributed by atoms with van der Waals surface area (Å²) >= 11 is 0. The van der Waals surface area contributed by atoms with E-state index in [2.05, 4.69) is 6.58 Å². The van der Waals surface area contributed by atoms with Crippen LogP contribution in [0.15, 0.2) is 35.6 Å². The van der Waals surface area contributed by atoms with Gasteiger partial charge in [-0.15, -0.1) is 6.58 Å². The van der Waals surface area contributed by atoms with E-state index >= 15 is 0 Å². The highest BCUT2D eigenvalue weighted by Gasteiger charge is 2.40. The van der Waals surface area contributed by atoms with E-state index in [4.69, 9.17) is 9.47 Å². The number of hydrogen-bond donors (Lipinski definition) is 0. The molecule has 1 aliphatic rings. The zero-order valence-electron chi connectivity index (χ0n) is 10.3. The number of methoxy groups -OCH3 is 1. The van der Waals surface area contributed by atoms with Gasteiger partial charge < -0.3 is 9.47 Å². The lowest BCUT2D eigenvalue weighted by Crippen LogP contribution is -2.20. The summed E-state index contributed by atoms with van der Waals surface area (Å²) in [5.41, 5.74) is -0.402. The largest absolute Gasteiger partial charge is 0.495 e. The zero-order valence-corrected chi connectivity index (χ0v) is 10.3. The van der Waals surface area contributed by atoms with Crippen LogP contribution in [0, 0.1) is 0 Å². The maximum atomic E-state index is 13.0. The van der Waals surface area contributed by atoms with E-state index in [1.807, 2.05) is 0 Å². The highest BCUT2D eigenvalue weighted by atomic mass is 19.4. The summed E-state index contributed by atoms with van der Waals surface area (Å²) in [4.78, 5) is 0. The molecule has 0 aliphatic heterocycles. The Hall–Kier alpha value is -1.23. The Labute approximate surface area is 105 Å². The first-order valence-corrected chi connectivity index (χ1v) is 5.73. The fraction of sp³-hybridized carbons (Fsp3) is 0.538. The Balaban J connectivity index is 2.95. The third kappa shape index (κ3) is 3.91. The number of alkyl halides is 3. The zero-order chi connectivity index (χ0) is 13.6. The lowest BCUT2D eigenvalue weighted by molar-refractivity contribution is -0.0940. The Bertz CT molecular complexity index is 354. The van der Waals surface area contributed by atoms with Crippen molar-refractivity contribution in [1.82, 2.24) is 0 Å². The van der Waals surface area contributed by atoms with Crippen LogP contribution in [0.3, 0.4) is 0 Å². The van der Waals surface area contributed by atoms with Gasteiger partial charge in [-0.05, 0) is 18.4 Å². The van der Waals surface area contributed by atoms with E-state index in [-0.39, 0.29) is 37.4 Å². The van der Waals surface area contributed by atoms with Crippen LogP contribution in [0.25, 0.3) is 0 Å². The molecule has 2 nitrogen and oxygen atoms in total. The standard InChI is InChI=1S/C13H17F3O2/c1-3-5-10-6-4-7-11(18-9-8-17-2)12(10)13(14,15)16/h3,6H,1,4-5,7-9H2,2H3. The number of halogens is 3. The molecule has 0 radical (unpaired) electrons. The highest BCUT2D eigenvalue weighted by molar-refractivity contribution is 5.41. The molecule has 0 aromatic heterocycles. The van der Waals surface area contributed by atoms with Gasteiger partial charge in [0.05, 0.1) is 12.2 Å². The third-order valence-corrected chi connectivity index (χ3v) is 2.57. The van der Waals surface area contributed by atoms with Crippen LogP contribution in [0.2, 0.25) is 0 Å². The Morgan fingerprint density at radius 2 is 2.11 bits per heavy atom. The minimum absolute atomic E-state index is 0.0129. The average molecular weight is 262 g/mol. The molecule has 0 heterocycles. The lowest BCUT2D eigenvalue weighted by Gasteiger charge is -2.23. The van der Waals surface area contributed by atoms with Crippen molar-refractivity contribution in [3.8, 4) is 0 Å². The molecule has 0 saturated heterocycles. The van der Waals surface area contributed by atoms with Crippen LogP contribution < -0.4 is 0 Å². The van der Waals surface area contributed by atoms with Crippen molar-refractivity contribution in [2.24, 2.45) is 0 Å². The first-order chi connectivity index (χ1) is 8.50. The predicted octanol–water partition coefficient (Wildman–Crippen LogP) is 3.76. The monoisotopic (exact) mass is 262 g/mol. The molecule has 0 atom stereocenters. The molecule has 102 valence electrons. The predicted molar refractivity (Wildman–Crippen MR) is 63.0 cm³/mol. The van der Waals surface area contributed by atoms with E-state index in [9.17, 15) is 13.2 Å². The van der Waals surface area contributed by atoms with Gasteiger partial charge in [0.2, 0.25) is 0 Å². The summed E-state index contributed by atoms with van der Waals surface area (Å²) in [6, 6.07) is 0. The van der Waals surface area contributed by atoms with Gasteiger partial charge in [0.25, 0.3) is 0 Å². The first-order valence-electron chi connectivity index (χ1n) is 5.73. The molecule has 0 fully saturated rings. The Morgan fingerprint density at radius 3 is 2.67 bits per heavy atom. The molecular formula is C13H17F3O2. The highest BCUT2D eigenvalue weighted by Crippen LogP contribution is 2.39. The molecule has 0 spiro atoms. The van der Waals surface area contributed by atoms with Gasteiger partial charge in [-0.2, -0.15) is 13.2 Å². The van der Waals surface area contributed by atoms with Crippen LogP contribution in [0.5, 0.6) is 0 Å². The molecule has 0 unspecified atom stereocenters. The normalized spacial score (nSPS) is 16.6. The molecule has 0 N–H and O–H groups in total. The van der Waals surface area contributed by atoms with E-state index in [1.165, 1.54) is 13.2 Å². The Morgan fingerprint density at radius 1 is 1.39 bits per heavy atom. The van der Waals surface area contributed by atoms with Crippen molar-refractivity contribution < 1.29 is 22.6 Å². The van der Waals surface area contributed by atoms with Gasteiger partial charge in [0.1, 0.15) is 12.4 Å². The minimum Gasteiger partial charge on any atom is -0.495 e. The summed E-state index contributed by atoms with van der Waals surface area (Å²) < 4.78 is 49.1. The van der Waals surface area contributed by atoms with Crippen molar-refractivity contribution >= 4 is 0 Å². The molecule has 0 bridgehead atoms. The Kier molecular flexibility index (Phi) is 5.47. The summed E-state index contributed by atoms with van der Waals surface area (Å²) in [6.45, 7) is 3.88. The summed E-state index contributed by atoms with van der Waals surface area (Å²) in [7, 11) is 1.48. The second-order valence-corrected chi connectivity index (χ2v) is 3.90. The van der Waals surface area contributed by atoms with Crippen LogP contribution >= 0.6 is 0 Å². The first kappa shape index (κ1) is 14.8. The van der Waals surface area contributed by atoms with Crippen LogP contribution in [-0.4, -0.2) is 26.5 Å². The van der Waals surface area contributed by atoms with Crippen molar-refractivity contribution in [2.75, 3.05) is 20.3 Å². The summed E-state index contributed by atoms with van der Waals surface area (Å²) in [5.74, 6) is 0.0129. The minimum atomic E-state index is -4.39. The van der Waals surface area contributed by atoms with Gasteiger partial charge in [-0.3, -0.25) is 0 Å². The molecular weight excluding hydrogens is 245 g/mol. The molecule has 0 saturated carbocycles. The van der Waals surface area contributed by atoms with E-state index in [0.29, 0.717) is 6.42 Å². The van der Waals surface area contributed by atoms with Gasteiger partial charge in [0.15, 0.2) is 0 Å². The van der Waals surface area contributed by atoms with E-state index in [0.717, 1.165) is 0 Å². The van der Waals surface area contributed by atoms with Crippen molar-refractivity contribution in [3.63, 3.8) is 0 Å². The summed E-state index contributed by atoms with van der Waals surface area (Å²) in [5, 5.41) is 0.